The van der Waals surface area contributed by atoms with Crippen LogP contribution >= 0.6 is 0 Å². The molecule has 2 aromatic heterocycles. The summed E-state index contributed by atoms with van der Waals surface area (Å²) in [6.45, 7) is 6.75. The zero-order valence-electron chi connectivity index (χ0n) is 11.3. The minimum absolute atomic E-state index is 0.545. The quantitative estimate of drug-likeness (QED) is 0.831. The van der Waals surface area contributed by atoms with Crippen molar-refractivity contribution < 1.29 is 0 Å². The Morgan fingerprint density at radius 1 is 1.44 bits per heavy atom. The van der Waals surface area contributed by atoms with Gasteiger partial charge in [-0.2, -0.15) is 5.10 Å². The number of aromatic nitrogens is 3. The van der Waals surface area contributed by atoms with Crippen molar-refractivity contribution in [1.29, 1.82) is 0 Å². The first-order valence-electron chi connectivity index (χ1n) is 6.71. The summed E-state index contributed by atoms with van der Waals surface area (Å²) in [6.07, 6.45) is 5.23. The van der Waals surface area contributed by atoms with Gasteiger partial charge in [-0.15, -0.1) is 5.10 Å². The van der Waals surface area contributed by atoms with Crippen LogP contribution in [0, 0.1) is 0 Å². The first-order valence-corrected chi connectivity index (χ1v) is 6.71. The van der Waals surface area contributed by atoms with Gasteiger partial charge in [0.05, 0.1) is 17.8 Å². The number of rotatable bonds is 3. The van der Waals surface area contributed by atoms with Crippen molar-refractivity contribution in [3.8, 4) is 0 Å². The molecule has 0 amide bonds. The van der Waals surface area contributed by atoms with E-state index in [2.05, 4.69) is 52.8 Å². The molecule has 0 bridgehead atoms. The predicted molar refractivity (Wildman–Crippen MR) is 72.8 cm³/mol. The normalized spacial score (nSPS) is 19.1. The topological polar surface area (TPSA) is 34.0 Å². The molecule has 4 nitrogen and oxygen atoms in total. The van der Waals surface area contributed by atoms with Crippen LogP contribution in [0.4, 0.5) is 0 Å². The van der Waals surface area contributed by atoms with Crippen LogP contribution in [0.15, 0.2) is 18.5 Å². The zero-order valence-corrected chi connectivity index (χ0v) is 11.3. The van der Waals surface area contributed by atoms with E-state index in [-0.39, 0.29) is 0 Å². The molecule has 1 aliphatic heterocycles. The average molecular weight is 244 g/mol. The summed E-state index contributed by atoms with van der Waals surface area (Å²) >= 11 is 0. The van der Waals surface area contributed by atoms with Crippen molar-refractivity contribution in [2.24, 2.45) is 0 Å². The van der Waals surface area contributed by atoms with Gasteiger partial charge in [0.1, 0.15) is 5.52 Å². The molecule has 1 saturated heterocycles. The van der Waals surface area contributed by atoms with E-state index in [0.29, 0.717) is 12.0 Å². The third-order valence-corrected chi connectivity index (χ3v) is 4.11. The smallest absolute Gasteiger partial charge is 0.114 e. The number of likely N-dealkylation sites (N-methyl/N-ethyl adjacent to an activating group) is 1. The summed E-state index contributed by atoms with van der Waals surface area (Å²) in [5.74, 6) is 0.545. The third-order valence-electron chi connectivity index (χ3n) is 4.11. The average Bonchev–Trinajstić information content (AvgIpc) is 2.73. The molecular weight excluding hydrogens is 224 g/mol. The van der Waals surface area contributed by atoms with Crippen molar-refractivity contribution in [1.82, 2.24) is 19.7 Å². The number of hydrogen-bond donors (Lipinski definition) is 0. The summed E-state index contributed by atoms with van der Waals surface area (Å²) in [7, 11) is 2.16. The van der Waals surface area contributed by atoms with E-state index in [1.165, 1.54) is 11.1 Å². The zero-order chi connectivity index (χ0) is 12.7. The van der Waals surface area contributed by atoms with Crippen molar-refractivity contribution in [2.75, 3.05) is 20.1 Å². The van der Waals surface area contributed by atoms with E-state index in [1.807, 2.05) is 0 Å². The summed E-state index contributed by atoms with van der Waals surface area (Å²) in [5, 5.41) is 8.39. The number of hydrogen-bond acceptors (Lipinski definition) is 3. The monoisotopic (exact) mass is 244 g/mol. The lowest BCUT2D eigenvalue weighted by Crippen LogP contribution is -2.44. The molecule has 1 atom stereocenters. The Labute approximate surface area is 108 Å². The minimum Gasteiger partial charge on any atom is -0.340 e. The molecule has 3 heterocycles. The van der Waals surface area contributed by atoms with Crippen LogP contribution in [0.3, 0.4) is 0 Å². The molecule has 0 saturated carbocycles. The summed E-state index contributed by atoms with van der Waals surface area (Å²) in [6, 6.07) is 2.69. The van der Waals surface area contributed by atoms with Crippen molar-refractivity contribution >= 4 is 11.0 Å². The van der Waals surface area contributed by atoms with Gasteiger partial charge < -0.3 is 9.47 Å². The maximum atomic E-state index is 4.35. The second-order valence-electron chi connectivity index (χ2n) is 5.44. The molecule has 3 rings (SSSR count). The Kier molecular flexibility index (Phi) is 2.82. The fourth-order valence-electron chi connectivity index (χ4n) is 2.74. The molecule has 96 valence electrons. The second kappa shape index (κ2) is 4.35. The Bertz CT molecular complexity index is 554. The largest absolute Gasteiger partial charge is 0.340 e. The Balaban J connectivity index is 2.09. The van der Waals surface area contributed by atoms with Gasteiger partial charge in [0.2, 0.25) is 0 Å². The van der Waals surface area contributed by atoms with Crippen molar-refractivity contribution in [2.45, 2.75) is 32.2 Å². The molecule has 4 heteroatoms. The van der Waals surface area contributed by atoms with Crippen LogP contribution < -0.4 is 0 Å². The Hall–Kier alpha value is -1.42. The van der Waals surface area contributed by atoms with Crippen LogP contribution in [0.2, 0.25) is 0 Å². The molecule has 0 aliphatic carbocycles. The minimum atomic E-state index is 0.545. The maximum Gasteiger partial charge on any atom is 0.114 e. The molecule has 0 aromatic carbocycles. The summed E-state index contributed by atoms with van der Waals surface area (Å²) in [5.41, 5.74) is 3.66. The first-order chi connectivity index (χ1) is 8.70. The predicted octanol–water partition coefficient (Wildman–Crippen LogP) is 2.43. The highest BCUT2D eigenvalue weighted by Gasteiger charge is 2.27. The van der Waals surface area contributed by atoms with Crippen LogP contribution in [0.1, 0.15) is 37.8 Å². The SMILES string of the molecule is CCC(C)c1cn(C2CN(C)C2)c2ccnnc12. The lowest BCUT2D eigenvalue weighted by Gasteiger charge is -2.37. The molecule has 1 fully saturated rings. The molecule has 18 heavy (non-hydrogen) atoms. The van der Waals surface area contributed by atoms with Gasteiger partial charge in [0, 0.05) is 24.8 Å². The molecular formula is C14H20N4. The summed E-state index contributed by atoms with van der Waals surface area (Å²) < 4.78 is 2.39. The Morgan fingerprint density at radius 3 is 2.89 bits per heavy atom. The third kappa shape index (κ3) is 1.72. The molecule has 1 unspecified atom stereocenters. The molecule has 2 aromatic rings. The van der Waals surface area contributed by atoms with E-state index in [9.17, 15) is 0 Å². The van der Waals surface area contributed by atoms with Crippen LogP contribution in [-0.2, 0) is 0 Å². The van der Waals surface area contributed by atoms with E-state index in [4.69, 9.17) is 0 Å². The highest BCUT2D eigenvalue weighted by molar-refractivity contribution is 5.79. The van der Waals surface area contributed by atoms with Crippen LogP contribution in [0.5, 0.6) is 0 Å². The van der Waals surface area contributed by atoms with E-state index < -0.39 is 0 Å². The molecule has 0 spiro atoms. The molecule has 0 N–H and O–H groups in total. The molecule has 0 radical (unpaired) electrons. The highest BCUT2D eigenvalue weighted by atomic mass is 15.2. The van der Waals surface area contributed by atoms with Gasteiger partial charge in [-0.1, -0.05) is 13.8 Å². The van der Waals surface area contributed by atoms with E-state index >= 15 is 0 Å². The Morgan fingerprint density at radius 2 is 2.22 bits per heavy atom. The molecule has 1 aliphatic rings. The first kappa shape index (κ1) is 11.7. The standard InChI is InChI=1S/C14H20N4/c1-4-10(2)12-9-18(11-7-17(3)8-11)13-5-6-15-16-14(12)13/h5-6,9-11H,4,7-8H2,1-3H3. The van der Waals surface area contributed by atoms with Crippen LogP contribution in [0.25, 0.3) is 11.0 Å². The van der Waals surface area contributed by atoms with Gasteiger partial charge in [-0.25, -0.2) is 0 Å². The van der Waals surface area contributed by atoms with Gasteiger partial charge in [-0.3, -0.25) is 0 Å². The fraction of sp³-hybridized carbons (Fsp3) is 0.571. The van der Waals surface area contributed by atoms with Crippen LogP contribution in [-0.4, -0.2) is 39.8 Å². The highest BCUT2D eigenvalue weighted by Crippen LogP contribution is 2.32. The second-order valence-corrected chi connectivity index (χ2v) is 5.44. The lowest BCUT2D eigenvalue weighted by atomic mass is 10.0. The van der Waals surface area contributed by atoms with Crippen molar-refractivity contribution in [3.05, 3.63) is 24.0 Å². The van der Waals surface area contributed by atoms with E-state index in [0.717, 1.165) is 25.0 Å². The van der Waals surface area contributed by atoms with Gasteiger partial charge in [0.25, 0.3) is 0 Å². The number of fused-ring (bicyclic) bond motifs is 1. The van der Waals surface area contributed by atoms with E-state index in [1.54, 1.807) is 6.20 Å². The number of likely N-dealkylation sites (tertiary alicyclic amines) is 1. The fourth-order valence-corrected chi connectivity index (χ4v) is 2.74. The van der Waals surface area contributed by atoms with Crippen molar-refractivity contribution in [3.63, 3.8) is 0 Å². The van der Waals surface area contributed by atoms with Gasteiger partial charge in [0.15, 0.2) is 0 Å². The van der Waals surface area contributed by atoms with Gasteiger partial charge >= 0.3 is 0 Å². The lowest BCUT2D eigenvalue weighted by molar-refractivity contribution is 0.144. The maximum absolute atomic E-state index is 4.35. The van der Waals surface area contributed by atoms with Gasteiger partial charge in [-0.05, 0) is 25.5 Å². The number of nitrogens with zero attached hydrogens (tertiary/aromatic N) is 4. The summed E-state index contributed by atoms with van der Waals surface area (Å²) in [4.78, 5) is 2.34.